The molecule has 24 heavy (non-hydrogen) atoms. The van der Waals surface area contributed by atoms with Gasteiger partial charge in [-0.05, 0) is 24.1 Å². The Morgan fingerprint density at radius 2 is 1.96 bits per heavy atom. The van der Waals surface area contributed by atoms with Crippen LogP contribution in [0.25, 0.3) is 0 Å². The predicted octanol–water partition coefficient (Wildman–Crippen LogP) is 2.53. The van der Waals surface area contributed by atoms with Crippen molar-refractivity contribution in [2.75, 3.05) is 36.5 Å². The number of nitro groups is 1. The molecule has 2 heterocycles. The standard InChI is InChI=1S/C16H19N5O3/c1-2-12-3-5-13(6-4-12)19-15-14(21(22)23)16(18-11-17-15)20-7-9-24-10-8-20/h3-6,11H,2,7-10H2,1H3,(H,17,18,19). The number of aromatic nitrogens is 2. The van der Waals surface area contributed by atoms with Gasteiger partial charge in [-0.25, -0.2) is 9.97 Å². The third-order valence-electron chi connectivity index (χ3n) is 3.92. The van der Waals surface area contributed by atoms with Crippen LogP contribution in [0.1, 0.15) is 12.5 Å². The molecule has 0 aliphatic carbocycles. The summed E-state index contributed by atoms with van der Waals surface area (Å²) in [7, 11) is 0. The van der Waals surface area contributed by atoms with Crippen molar-refractivity contribution < 1.29 is 9.66 Å². The van der Waals surface area contributed by atoms with Gasteiger partial charge in [-0.3, -0.25) is 10.1 Å². The van der Waals surface area contributed by atoms with Crippen LogP contribution in [-0.4, -0.2) is 41.2 Å². The highest BCUT2D eigenvalue weighted by molar-refractivity contribution is 5.74. The van der Waals surface area contributed by atoms with Crippen LogP contribution in [0.2, 0.25) is 0 Å². The molecule has 8 heteroatoms. The molecule has 1 aliphatic heterocycles. The van der Waals surface area contributed by atoms with E-state index in [4.69, 9.17) is 4.74 Å². The first-order valence-corrected chi connectivity index (χ1v) is 7.87. The summed E-state index contributed by atoms with van der Waals surface area (Å²) in [6.45, 7) is 4.28. The molecular weight excluding hydrogens is 310 g/mol. The Hall–Kier alpha value is -2.74. The molecule has 126 valence electrons. The van der Waals surface area contributed by atoms with Gasteiger partial charge in [0.2, 0.25) is 11.6 Å². The van der Waals surface area contributed by atoms with Gasteiger partial charge in [0.1, 0.15) is 6.33 Å². The fraction of sp³-hybridized carbons (Fsp3) is 0.375. The lowest BCUT2D eigenvalue weighted by atomic mass is 10.1. The van der Waals surface area contributed by atoms with Crippen molar-refractivity contribution >= 4 is 23.0 Å². The van der Waals surface area contributed by atoms with Gasteiger partial charge in [-0.1, -0.05) is 19.1 Å². The fourth-order valence-electron chi connectivity index (χ4n) is 2.60. The van der Waals surface area contributed by atoms with Crippen LogP contribution >= 0.6 is 0 Å². The Balaban J connectivity index is 1.92. The van der Waals surface area contributed by atoms with E-state index >= 15 is 0 Å². The molecule has 0 spiro atoms. The number of anilines is 3. The van der Waals surface area contributed by atoms with Gasteiger partial charge >= 0.3 is 5.69 Å². The minimum atomic E-state index is -0.437. The molecule has 0 bridgehead atoms. The number of nitrogens with zero attached hydrogens (tertiary/aromatic N) is 4. The molecule has 0 unspecified atom stereocenters. The molecule has 1 N–H and O–H groups in total. The Bertz CT molecular complexity index is 714. The van der Waals surface area contributed by atoms with Gasteiger partial charge in [-0.2, -0.15) is 0 Å². The number of nitrogens with one attached hydrogen (secondary N) is 1. The molecular formula is C16H19N5O3. The van der Waals surface area contributed by atoms with E-state index in [-0.39, 0.29) is 11.5 Å². The molecule has 0 amide bonds. The lowest BCUT2D eigenvalue weighted by Gasteiger charge is -2.27. The average molecular weight is 329 g/mol. The second-order valence-electron chi connectivity index (χ2n) is 5.43. The lowest BCUT2D eigenvalue weighted by Crippen LogP contribution is -2.37. The molecule has 2 aromatic rings. The molecule has 0 radical (unpaired) electrons. The van der Waals surface area contributed by atoms with Crippen molar-refractivity contribution in [3.8, 4) is 0 Å². The first-order valence-electron chi connectivity index (χ1n) is 7.87. The lowest BCUT2D eigenvalue weighted by molar-refractivity contribution is -0.383. The van der Waals surface area contributed by atoms with E-state index in [1.165, 1.54) is 11.9 Å². The molecule has 1 aromatic carbocycles. The van der Waals surface area contributed by atoms with Crippen LogP contribution in [0.4, 0.5) is 23.0 Å². The second kappa shape index (κ2) is 7.22. The summed E-state index contributed by atoms with van der Waals surface area (Å²) in [6.07, 6.45) is 2.29. The average Bonchev–Trinajstić information content (AvgIpc) is 2.62. The van der Waals surface area contributed by atoms with Crippen LogP contribution in [0.5, 0.6) is 0 Å². The van der Waals surface area contributed by atoms with Crippen molar-refractivity contribution in [3.05, 3.63) is 46.3 Å². The highest BCUT2D eigenvalue weighted by Crippen LogP contribution is 2.33. The maximum Gasteiger partial charge on any atom is 0.353 e. The van der Waals surface area contributed by atoms with Crippen molar-refractivity contribution in [3.63, 3.8) is 0 Å². The molecule has 3 rings (SSSR count). The minimum absolute atomic E-state index is 0.112. The first kappa shape index (κ1) is 16.1. The maximum atomic E-state index is 11.6. The van der Waals surface area contributed by atoms with Crippen molar-refractivity contribution in [2.45, 2.75) is 13.3 Å². The normalized spacial score (nSPS) is 14.5. The molecule has 0 atom stereocenters. The SMILES string of the molecule is CCc1ccc(Nc2ncnc(N3CCOCC3)c2[N+](=O)[O-])cc1. The van der Waals surface area contributed by atoms with E-state index in [1.54, 1.807) is 0 Å². The summed E-state index contributed by atoms with van der Waals surface area (Å²) in [4.78, 5) is 21.2. The van der Waals surface area contributed by atoms with Gasteiger partial charge < -0.3 is 15.0 Å². The highest BCUT2D eigenvalue weighted by Gasteiger charge is 2.28. The quantitative estimate of drug-likeness (QED) is 0.665. The van der Waals surface area contributed by atoms with Gasteiger partial charge in [-0.15, -0.1) is 0 Å². The van der Waals surface area contributed by atoms with E-state index in [0.717, 1.165) is 12.1 Å². The summed E-state index contributed by atoms with van der Waals surface area (Å²) in [5.74, 6) is 0.520. The largest absolute Gasteiger partial charge is 0.378 e. The van der Waals surface area contributed by atoms with Gasteiger partial charge in [0.25, 0.3) is 0 Å². The Labute approximate surface area is 139 Å². The maximum absolute atomic E-state index is 11.6. The fourth-order valence-corrected chi connectivity index (χ4v) is 2.60. The zero-order chi connectivity index (χ0) is 16.9. The topological polar surface area (TPSA) is 93.4 Å². The number of benzene rings is 1. The van der Waals surface area contributed by atoms with E-state index < -0.39 is 4.92 Å². The van der Waals surface area contributed by atoms with Crippen molar-refractivity contribution in [2.24, 2.45) is 0 Å². The van der Waals surface area contributed by atoms with E-state index in [2.05, 4.69) is 22.2 Å². The van der Waals surface area contributed by atoms with Crippen LogP contribution in [-0.2, 0) is 11.2 Å². The van der Waals surface area contributed by atoms with Crippen LogP contribution in [0.15, 0.2) is 30.6 Å². The van der Waals surface area contributed by atoms with Gasteiger partial charge in [0.05, 0.1) is 18.1 Å². The molecule has 1 saturated heterocycles. The van der Waals surface area contributed by atoms with E-state index in [1.807, 2.05) is 29.2 Å². The molecule has 8 nitrogen and oxygen atoms in total. The van der Waals surface area contributed by atoms with Gasteiger partial charge in [0.15, 0.2) is 0 Å². The third kappa shape index (κ3) is 3.43. The van der Waals surface area contributed by atoms with E-state index in [0.29, 0.717) is 32.1 Å². The van der Waals surface area contributed by atoms with E-state index in [9.17, 15) is 10.1 Å². The number of rotatable bonds is 5. The first-order chi connectivity index (χ1) is 11.7. The number of aryl methyl sites for hydroxylation is 1. The Morgan fingerprint density at radius 1 is 1.25 bits per heavy atom. The zero-order valence-electron chi connectivity index (χ0n) is 13.4. The summed E-state index contributed by atoms with van der Waals surface area (Å²) < 4.78 is 5.30. The Morgan fingerprint density at radius 3 is 2.58 bits per heavy atom. The minimum Gasteiger partial charge on any atom is -0.378 e. The van der Waals surface area contributed by atoms with Crippen LogP contribution in [0.3, 0.4) is 0 Å². The zero-order valence-corrected chi connectivity index (χ0v) is 13.4. The molecule has 0 saturated carbocycles. The summed E-state index contributed by atoms with van der Waals surface area (Å²) in [5.41, 5.74) is 1.84. The number of ether oxygens (including phenoxy) is 1. The number of hydrogen-bond acceptors (Lipinski definition) is 7. The third-order valence-corrected chi connectivity index (χ3v) is 3.92. The Kier molecular flexibility index (Phi) is 4.85. The summed E-state index contributed by atoms with van der Waals surface area (Å²) in [5, 5.41) is 14.6. The van der Waals surface area contributed by atoms with Crippen molar-refractivity contribution in [1.29, 1.82) is 0 Å². The second-order valence-corrected chi connectivity index (χ2v) is 5.43. The summed E-state index contributed by atoms with van der Waals surface area (Å²) in [6, 6.07) is 7.74. The smallest absolute Gasteiger partial charge is 0.353 e. The van der Waals surface area contributed by atoms with Gasteiger partial charge in [0, 0.05) is 18.8 Å². The highest BCUT2D eigenvalue weighted by atomic mass is 16.6. The van der Waals surface area contributed by atoms with Crippen LogP contribution < -0.4 is 10.2 Å². The summed E-state index contributed by atoms with van der Waals surface area (Å²) >= 11 is 0. The van der Waals surface area contributed by atoms with Crippen molar-refractivity contribution in [1.82, 2.24) is 9.97 Å². The monoisotopic (exact) mass is 329 g/mol. The molecule has 1 fully saturated rings. The number of morpholine rings is 1. The predicted molar refractivity (Wildman–Crippen MR) is 90.8 cm³/mol. The van der Waals surface area contributed by atoms with Crippen LogP contribution in [0, 0.1) is 10.1 Å². The molecule has 1 aliphatic rings. The number of hydrogen-bond donors (Lipinski definition) is 1. The molecule has 1 aromatic heterocycles.